The van der Waals surface area contributed by atoms with E-state index in [1.807, 2.05) is 0 Å². The topological polar surface area (TPSA) is 75.8 Å². The Hall–Kier alpha value is -0.650. The van der Waals surface area contributed by atoms with Crippen LogP contribution >= 0.6 is 0 Å². The van der Waals surface area contributed by atoms with Crippen LogP contribution in [-0.2, 0) is 9.53 Å². The van der Waals surface area contributed by atoms with Gasteiger partial charge in [0.15, 0.2) is 0 Å². The van der Waals surface area contributed by atoms with Gasteiger partial charge in [0.2, 0.25) is 5.91 Å². The molecule has 0 bridgehead atoms. The molecule has 0 aromatic rings. The van der Waals surface area contributed by atoms with Crippen molar-refractivity contribution in [3.8, 4) is 0 Å². The van der Waals surface area contributed by atoms with Crippen molar-refractivity contribution < 1.29 is 14.6 Å². The van der Waals surface area contributed by atoms with Crippen LogP contribution in [0.1, 0.15) is 13.8 Å². The normalized spacial score (nSPS) is 26.7. The van der Waals surface area contributed by atoms with Crippen LogP contribution in [0.3, 0.4) is 0 Å². The van der Waals surface area contributed by atoms with E-state index in [2.05, 4.69) is 0 Å². The Kier molecular flexibility index (Phi) is 3.70. The molecular formula is C10H20N2O3. The Balaban J connectivity index is 2.52. The molecule has 88 valence electrons. The zero-order chi connectivity index (χ0) is 11.6. The van der Waals surface area contributed by atoms with Crippen molar-refractivity contribution in [3.05, 3.63) is 0 Å². The number of rotatable bonds is 3. The van der Waals surface area contributed by atoms with Crippen molar-refractivity contribution in [1.29, 1.82) is 0 Å². The monoisotopic (exact) mass is 216 g/mol. The van der Waals surface area contributed by atoms with Gasteiger partial charge in [-0.3, -0.25) is 4.79 Å². The number of carbonyl (C=O) groups is 1. The molecule has 0 aromatic carbocycles. The summed E-state index contributed by atoms with van der Waals surface area (Å²) in [6, 6.07) is -0.221. The van der Waals surface area contributed by atoms with E-state index in [0.29, 0.717) is 19.8 Å². The fourth-order valence-electron chi connectivity index (χ4n) is 1.77. The summed E-state index contributed by atoms with van der Waals surface area (Å²) in [7, 11) is 1.67. The van der Waals surface area contributed by atoms with Crippen molar-refractivity contribution >= 4 is 5.91 Å². The molecule has 3 N–H and O–H groups in total. The van der Waals surface area contributed by atoms with Crippen molar-refractivity contribution in [2.24, 2.45) is 11.7 Å². The summed E-state index contributed by atoms with van der Waals surface area (Å²) in [5.41, 5.74) is 4.87. The number of nitrogens with zero attached hydrogens (tertiary/aromatic N) is 1. The predicted octanol–water partition coefficient (Wildman–Crippen LogP) is -0.811. The highest BCUT2D eigenvalue weighted by molar-refractivity contribution is 5.79. The Bertz CT molecular complexity index is 237. The number of amides is 1. The van der Waals surface area contributed by atoms with E-state index in [9.17, 15) is 9.90 Å². The van der Waals surface area contributed by atoms with Gasteiger partial charge in [-0.1, -0.05) is 0 Å². The molecule has 1 aliphatic rings. The molecular weight excluding hydrogens is 196 g/mol. The lowest BCUT2D eigenvalue weighted by Gasteiger charge is -2.28. The molecule has 2 unspecified atom stereocenters. The van der Waals surface area contributed by atoms with Gasteiger partial charge in [-0.15, -0.1) is 0 Å². The largest absolute Gasteiger partial charge is 0.389 e. The molecule has 5 heteroatoms. The van der Waals surface area contributed by atoms with Gasteiger partial charge < -0.3 is 20.5 Å². The van der Waals surface area contributed by atoms with Gasteiger partial charge in [0.1, 0.15) is 0 Å². The lowest BCUT2D eigenvalue weighted by atomic mass is 10.0. The third-order valence-electron chi connectivity index (χ3n) is 2.44. The van der Waals surface area contributed by atoms with E-state index in [1.165, 1.54) is 4.90 Å². The number of hydrogen-bond acceptors (Lipinski definition) is 4. The standard InChI is InChI=1S/C10H20N2O3/c1-10(2,14)6-12(3)9(13)7-4-15-5-8(7)11/h7-8,14H,4-6,11H2,1-3H3. The first-order valence-corrected chi connectivity index (χ1v) is 5.12. The number of aliphatic hydroxyl groups is 1. The van der Waals surface area contributed by atoms with Crippen LogP contribution in [0.15, 0.2) is 0 Å². The molecule has 0 aromatic heterocycles. The molecule has 1 fully saturated rings. The van der Waals surface area contributed by atoms with Crippen LogP contribution in [0, 0.1) is 5.92 Å². The van der Waals surface area contributed by atoms with E-state index in [1.54, 1.807) is 20.9 Å². The van der Waals surface area contributed by atoms with E-state index < -0.39 is 5.60 Å². The zero-order valence-corrected chi connectivity index (χ0v) is 9.56. The minimum atomic E-state index is -0.881. The maximum atomic E-state index is 11.9. The number of carbonyl (C=O) groups excluding carboxylic acids is 1. The highest BCUT2D eigenvalue weighted by Crippen LogP contribution is 2.15. The van der Waals surface area contributed by atoms with Gasteiger partial charge >= 0.3 is 0 Å². The first-order valence-electron chi connectivity index (χ1n) is 5.12. The molecule has 15 heavy (non-hydrogen) atoms. The smallest absolute Gasteiger partial charge is 0.229 e. The van der Waals surface area contributed by atoms with Crippen LogP contribution in [0.5, 0.6) is 0 Å². The number of ether oxygens (including phenoxy) is 1. The highest BCUT2D eigenvalue weighted by Gasteiger charge is 2.34. The first-order chi connectivity index (χ1) is 6.81. The summed E-state index contributed by atoms with van der Waals surface area (Å²) in [5, 5.41) is 9.59. The Morgan fingerprint density at radius 1 is 1.60 bits per heavy atom. The van der Waals surface area contributed by atoms with Crippen LogP contribution in [0.25, 0.3) is 0 Å². The second-order valence-electron chi connectivity index (χ2n) is 4.81. The summed E-state index contributed by atoms with van der Waals surface area (Å²) >= 11 is 0. The van der Waals surface area contributed by atoms with Crippen molar-refractivity contribution in [3.63, 3.8) is 0 Å². The van der Waals surface area contributed by atoms with Crippen molar-refractivity contribution in [2.45, 2.75) is 25.5 Å². The molecule has 1 rings (SSSR count). The molecule has 1 aliphatic heterocycles. The van der Waals surface area contributed by atoms with Crippen LogP contribution < -0.4 is 5.73 Å². The fourth-order valence-corrected chi connectivity index (χ4v) is 1.77. The predicted molar refractivity (Wildman–Crippen MR) is 56.2 cm³/mol. The van der Waals surface area contributed by atoms with Gasteiger partial charge in [-0.05, 0) is 13.8 Å². The summed E-state index contributed by atoms with van der Waals surface area (Å²) in [6.07, 6.45) is 0. The minimum absolute atomic E-state index is 0.0536. The summed E-state index contributed by atoms with van der Waals surface area (Å²) < 4.78 is 5.14. The number of nitrogens with two attached hydrogens (primary N) is 1. The van der Waals surface area contributed by atoms with Crippen LogP contribution in [0.4, 0.5) is 0 Å². The Labute approximate surface area is 90.2 Å². The minimum Gasteiger partial charge on any atom is -0.389 e. The zero-order valence-electron chi connectivity index (χ0n) is 9.56. The van der Waals surface area contributed by atoms with Crippen molar-refractivity contribution in [2.75, 3.05) is 26.8 Å². The van der Waals surface area contributed by atoms with Gasteiger partial charge in [-0.25, -0.2) is 0 Å². The SMILES string of the molecule is CN(CC(C)(C)O)C(=O)C1COCC1N. The van der Waals surface area contributed by atoms with Gasteiger partial charge in [0.05, 0.1) is 24.7 Å². The Morgan fingerprint density at radius 2 is 2.20 bits per heavy atom. The summed E-state index contributed by atoms with van der Waals surface area (Å²) in [5.74, 6) is -0.320. The Morgan fingerprint density at radius 3 is 2.60 bits per heavy atom. The summed E-state index contributed by atoms with van der Waals surface area (Å²) in [6.45, 7) is 4.46. The van der Waals surface area contributed by atoms with E-state index in [-0.39, 0.29) is 17.9 Å². The van der Waals surface area contributed by atoms with E-state index in [4.69, 9.17) is 10.5 Å². The molecule has 0 radical (unpaired) electrons. The fraction of sp³-hybridized carbons (Fsp3) is 0.900. The lowest BCUT2D eigenvalue weighted by Crippen LogP contribution is -2.46. The number of likely N-dealkylation sites (N-methyl/N-ethyl adjacent to an activating group) is 1. The van der Waals surface area contributed by atoms with Crippen LogP contribution in [-0.4, -0.2) is 54.4 Å². The second-order valence-corrected chi connectivity index (χ2v) is 4.81. The average molecular weight is 216 g/mol. The van der Waals surface area contributed by atoms with Crippen LogP contribution in [0.2, 0.25) is 0 Å². The van der Waals surface area contributed by atoms with Gasteiger partial charge in [0.25, 0.3) is 0 Å². The number of hydrogen-bond donors (Lipinski definition) is 2. The average Bonchev–Trinajstić information content (AvgIpc) is 2.47. The van der Waals surface area contributed by atoms with Crippen molar-refractivity contribution in [1.82, 2.24) is 4.90 Å². The quantitative estimate of drug-likeness (QED) is 0.647. The van der Waals surface area contributed by atoms with E-state index >= 15 is 0 Å². The molecule has 1 heterocycles. The third kappa shape index (κ3) is 3.44. The lowest BCUT2D eigenvalue weighted by molar-refractivity contribution is -0.137. The van der Waals surface area contributed by atoms with Gasteiger partial charge in [-0.2, -0.15) is 0 Å². The first kappa shape index (κ1) is 12.4. The maximum absolute atomic E-state index is 11.9. The molecule has 1 amide bonds. The third-order valence-corrected chi connectivity index (χ3v) is 2.44. The molecule has 0 aliphatic carbocycles. The molecule has 0 spiro atoms. The molecule has 0 saturated carbocycles. The molecule has 1 saturated heterocycles. The molecule has 2 atom stereocenters. The summed E-state index contributed by atoms with van der Waals surface area (Å²) in [4.78, 5) is 13.4. The maximum Gasteiger partial charge on any atom is 0.229 e. The second kappa shape index (κ2) is 4.47. The van der Waals surface area contributed by atoms with E-state index in [0.717, 1.165) is 0 Å². The van der Waals surface area contributed by atoms with Gasteiger partial charge in [0, 0.05) is 19.6 Å². The molecule has 5 nitrogen and oxygen atoms in total. The highest BCUT2D eigenvalue weighted by atomic mass is 16.5.